The van der Waals surface area contributed by atoms with E-state index in [1.807, 2.05) is 0 Å². The van der Waals surface area contributed by atoms with Gasteiger partial charge in [0.1, 0.15) is 0 Å². The summed E-state index contributed by atoms with van der Waals surface area (Å²) in [6.07, 6.45) is 16.6. The first-order valence-corrected chi connectivity index (χ1v) is 11.2. The van der Waals surface area contributed by atoms with E-state index < -0.39 is 0 Å². The highest BCUT2D eigenvalue weighted by atomic mass is 14.8. The SMILES string of the molecule is CNCCC1CCCC2CCC3CC(C)CCC3(C)C2CCC1C. The summed E-state index contributed by atoms with van der Waals surface area (Å²) < 4.78 is 0. The van der Waals surface area contributed by atoms with Crippen LogP contribution in [0.25, 0.3) is 0 Å². The lowest BCUT2D eigenvalue weighted by Gasteiger charge is -2.55. The number of hydrogen-bond donors (Lipinski definition) is 1. The van der Waals surface area contributed by atoms with Crippen molar-refractivity contribution >= 4 is 0 Å². The molecule has 0 aromatic heterocycles. The Morgan fingerprint density at radius 2 is 1.79 bits per heavy atom. The van der Waals surface area contributed by atoms with Gasteiger partial charge in [-0.05, 0) is 93.0 Å². The molecule has 24 heavy (non-hydrogen) atoms. The van der Waals surface area contributed by atoms with E-state index in [1.165, 1.54) is 64.3 Å². The van der Waals surface area contributed by atoms with E-state index in [0.717, 1.165) is 35.5 Å². The molecule has 0 bridgehead atoms. The molecule has 0 aromatic carbocycles. The van der Waals surface area contributed by atoms with Crippen molar-refractivity contribution in [2.75, 3.05) is 13.6 Å². The van der Waals surface area contributed by atoms with Crippen LogP contribution in [0.4, 0.5) is 0 Å². The van der Waals surface area contributed by atoms with Gasteiger partial charge in [-0.15, -0.1) is 0 Å². The van der Waals surface area contributed by atoms with E-state index in [2.05, 4.69) is 33.1 Å². The van der Waals surface area contributed by atoms with Crippen LogP contribution in [0.3, 0.4) is 0 Å². The Morgan fingerprint density at radius 1 is 0.958 bits per heavy atom. The first kappa shape index (κ1) is 18.7. The Bertz CT molecular complexity index is 391. The molecule has 0 amide bonds. The van der Waals surface area contributed by atoms with Crippen LogP contribution in [0.2, 0.25) is 0 Å². The minimum Gasteiger partial charge on any atom is -0.320 e. The normalized spacial score (nSPS) is 47.0. The lowest BCUT2D eigenvalue weighted by Crippen LogP contribution is -2.46. The summed E-state index contributed by atoms with van der Waals surface area (Å²) >= 11 is 0. The van der Waals surface area contributed by atoms with Crippen LogP contribution in [0, 0.1) is 40.9 Å². The molecule has 0 spiro atoms. The van der Waals surface area contributed by atoms with Crippen molar-refractivity contribution in [3.05, 3.63) is 0 Å². The number of hydrogen-bond acceptors (Lipinski definition) is 1. The van der Waals surface area contributed by atoms with E-state index in [0.29, 0.717) is 5.41 Å². The minimum absolute atomic E-state index is 0.681. The van der Waals surface area contributed by atoms with Gasteiger partial charge in [0.05, 0.1) is 0 Å². The molecule has 0 saturated heterocycles. The molecular formula is C23H43N. The summed E-state index contributed by atoms with van der Waals surface area (Å²) in [6, 6.07) is 0. The van der Waals surface area contributed by atoms with Gasteiger partial charge in [0.2, 0.25) is 0 Å². The molecule has 7 atom stereocenters. The van der Waals surface area contributed by atoms with Crippen LogP contribution in [0.15, 0.2) is 0 Å². The van der Waals surface area contributed by atoms with Crippen molar-refractivity contribution in [3.8, 4) is 0 Å². The minimum atomic E-state index is 0.681. The smallest absolute Gasteiger partial charge is 0.00492 e. The van der Waals surface area contributed by atoms with Gasteiger partial charge in [0.25, 0.3) is 0 Å². The number of rotatable bonds is 3. The maximum atomic E-state index is 3.38. The molecule has 3 rings (SSSR count). The zero-order valence-corrected chi connectivity index (χ0v) is 16.9. The van der Waals surface area contributed by atoms with Crippen LogP contribution in [-0.4, -0.2) is 13.6 Å². The lowest BCUT2D eigenvalue weighted by atomic mass is 9.50. The second-order valence-electron chi connectivity index (χ2n) is 10.2. The monoisotopic (exact) mass is 333 g/mol. The second-order valence-corrected chi connectivity index (χ2v) is 10.2. The van der Waals surface area contributed by atoms with Gasteiger partial charge in [0.15, 0.2) is 0 Å². The first-order valence-electron chi connectivity index (χ1n) is 11.2. The van der Waals surface area contributed by atoms with Crippen molar-refractivity contribution in [2.24, 2.45) is 40.9 Å². The molecule has 0 heterocycles. The fraction of sp³-hybridized carbons (Fsp3) is 1.00. The predicted octanol–water partition coefficient (Wildman–Crippen LogP) is 6.28. The summed E-state index contributed by atoms with van der Waals surface area (Å²) in [5, 5.41) is 3.38. The Kier molecular flexibility index (Phi) is 6.33. The van der Waals surface area contributed by atoms with Gasteiger partial charge in [-0.25, -0.2) is 0 Å². The van der Waals surface area contributed by atoms with Gasteiger partial charge >= 0.3 is 0 Å². The van der Waals surface area contributed by atoms with Gasteiger partial charge < -0.3 is 5.32 Å². The molecule has 0 radical (unpaired) electrons. The standard InChI is InChI=1S/C23H43N/c1-17-12-14-23(3)21(16-17)10-9-20-7-5-6-19(13-15-24-4)18(2)8-11-22(20)23/h17-22,24H,5-16H2,1-4H3. The summed E-state index contributed by atoms with van der Waals surface area (Å²) in [6.45, 7) is 8.98. The molecule has 3 aliphatic rings. The summed E-state index contributed by atoms with van der Waals surface area (Å²) in [7, 11) is 2.11. The van der Waals surface area contributed by atoms with Crippen LogP contribution < -0.4 is 5.32 Å². The third-order valence-electron chi connectivity index (χ3n) is 8.75. The van der Waals surface area contributed by atoms with E-state index in [-0.39, 0.29) is 0 Å². The molecule has 140 valence electrons. The number of fused-ring (bicyclic) bond motifs is 3. The molecule has 0 aliphatic heterocycles. The summed E-state index contributed by atoms with van der Waals surface area (Å²) in [4.78, 5) is 0. The average molecular weight is 334 g/mol. The molecule has 1 N–H and O–H groups in total. The Morgan fingerprint density at radius 3 is 2.58 bits per heavy atom. The molecule has 0 aromatic rings. The van der Waals surface area contributed by atoms with Crippen molar-refractivity contribution < 1.29 is 0 Å². The molecule has 1 heteroatoms. The number of nitrogens with one attached hydrogen (secondary N) is 1. The van der Waals surface area contributed by atoms with Gasteiger partial charge in [-0.2, -0.15) is 0 Å². The largest absolute Gasteiger partial charge is 0.320 e. The van der Waals surface area contributed by atoms with E-state index in [9.17, 15) is 0 Å². The van der Waals surface area contributed by atoms with E-state index in [1.54, 1.807) is 12.8 Å². The summed E-state index contributed by atoms with van der Waals surface area (Å²) in [5.74, 6) is 6.01. The average Bonchev–Trinajstić information content (AvgIpc) is 2.64. The molecule has 3 fully saturated rings. The predicted molar refractivity (Wildman–Crippen MR) is 105 cm³/mol. The van der Waals surface area contributed by atoms with Crippen molar-refractivity contribution in [1.29, 1.82) is 0 Å². The Hall–Kier alpha value is -0.0400. The molecular weight excluding hydrogens is 290 g/mol. The molecule has 3 aliphatic carbocycles. The van der Waals surface area contributed by atoms with Crippen LogP contribution in [0.5, 0.6) is 0 Å². The second kappa shape index (κ2) is 8.11. The zero-order valence-electron chi connectivity index (χ0n) is 16.9. The Labute approximate surface area is 151 Å². The fourth-order valence-electron chi connectivity index (χ4n) is 7.00. The van der Waals surface area contributed by atoms with Crippen LogP contribution in [0.1, 0.15) is 91.4 Å². The van der Waals surface area contributed by atoms with E-state index in [4.69, 9.17) is 0 Å². The molecule has 1 nitrogen and oxygen atoms in total. The van der Waals surface area contributed by atoms with Gasteiger partial charge in [-0.3, -0.25) is 0 Å². The van der Waals surface area contributed by atoms with Crippen molar-refractivity contribution in [1.82, 2.24) is 5.32 Å². The molecule has 7 unspecified atom stereocenters. The zero-order chi connectivity index (χ0) is 17.2. The maximum Gasteiger partial charge on any atom is -0.00492 e. The van der Waals surface area contributed by atoms with Crippen LogP contribution >= 0.6 is 0 Å². The Balaban J connectivity index is 1.70. The first-order chi connectivity index (χ1) is 11.5. The van der Waals surface area contributed by atoms with E-state index >= 15 is 0 Å². The highest BCUT2D eigenvalue weighted by molar-refractivity contribution is 4.99. The van der Waals surface area contributed by atoms with Gasteiger partial charge in [0, 0.05) is 0 Å². The maximum absolute atomic E-state index is 3.38. The fourth-order valence-corrected chi connectivity index (χ4v) is 7.00. The third kappa shape index (κ3) is 3.87. The highest BCUT2D eigenvalue weighted by Crippen LogP contribution is 2.59. The lowest BCUT2D eigenvalue weighted by molar-refractivity contribution is -0.0551. The van der Waals surface area contributed by atoms with Crippen LogP contribution in [-0.2, 0) is 0 Å². The quantitative estimate of drug-likeness (QED) is 0.640. The topological polar surface area (TPSA) is 12.0 Å². The van der Waals surface area contributed by atoms with Gasteiger partial charge in [-0.1, -0.05) is 52.9 Å². The highest BCUT2D eigenvalue weighted by Gasteiger charge is 2.49. The third-order valence-corrected chi connectivity index (χ3v) is 8.75. The van der Waals surface area contributed by atoms with Crippen molar-refractivity contribution in [2.45, 2.75) is 91.4 Å². The molecule has 3 saturated carbocycles. The van der Waals surface area contributed by atoms with Crippen molar-refractivity contribution in [3.63, 3.8) is 0 Å². The summed E-state index contributed by atoms with van der Waals surface area (Å²) in [5.41, 5.74) is 0.681.